The summed E-state index contributed by atoms with van der Waals surface area (Å²) in [4.78, 5) is 12.4. The monoisotopic (exact) mass is 722 g/mol. The summed E-state index contributed by atoms with van der Waals surface area (Å²) in [5, 5.41) is 33.3. The van der Waals surface area contributed by atoms with Crippen molar-refractivity contribution in [3.63, 3.8) is 0 Å². The highest BCUT2D eigenvalue weighted by Gasteiger charge is 2.20. The van der Waals surface area contributed by atoms with E-state index >= 15 is 0 Å². The Balaban J connectivity index is 3.62. The van der Waals surface area contributed by atoms with Gasteiger partial charge in [0.05, 0.1) is 31.3 Å². The second-order valence-corrected chi connectivity index (χ2v) is 16.0. The van der Waals surface area contributed by atoms with E-state index in [2.05, 4.69) is 19.2 Å². The largest absolute Gasteiger partial charge is 0.394 e. The number of carbonyl (C=O) groups excluding carboxylic acids is 1. The van der Waals surface area contributed by atoms with Crippen LogP contribution in [0.2, 0.25) is 0 Å². The van der Waals surface area contributed by atoms with Crippen molar-refractivity contribution in [1.29, 1.82) is 0 Å². The summed E-state index contributed by atoms with van der Waals surface area (Å²) in [6.45, 7) is 4.23. The SMILES string of the molecule is CCCCCCCCCCCCCCCCC/C=C/C(O)C(CO)NC(=O)CC(O)CCCCCCCCCCCCCCCCCCCCC. The fraction of sp³-hybridized carbons (Fsp3) is 0.935. The first-order valence-corrected chi connectivity index (χ1v) is 23.0. The number of unbranched alkanes of at least 4 members (excludes halogenated alkanes) is 33. The van der Waals surface area contributed by atoms with Gasteiger partial charge in [-0.2, -0.15) is 0 Å². The van der Waals surface area contributed by atoms with Crippen molar-refractivity contribution in [1.82, 2.24) is 5.32 Å². The molecule has 0 rings (SSSR count). The molecule has 0 saturated carbocycles. The average Bonchev–Trinajstić information content (AvgIpc) is 3.12. The number of aliphatic hydroxyl groups excluding tert-OH is 3. The van der Waals surface area contributed by atoms with Crippen LogP contribution in [-0.4, -0.2) is 46.1 Å². The number of carbonyl (C=O) groups is 1. The van der Waals surface area contributed by atoms with Crippen molar-refractivity contribution in [3.8, 4) is 0 Å². The molecule has 0 fully saturated rings. The van der Waals surface area contributed by atoms with Gasteiger partial charge in [-0.05, 0) is 19.3 Å². The molecule has 1 amide bonds. The van der Waals surface area contributed by atoms with Crippen molar-refractivity contribution in [2.24, 2.45) is 0 Å². The molecule has 51 heavy (non-hydrogen) atoms. The summed E-state index contributed by atoms with van der Waals surface area (Å²) >= 11 is 0. The maximum absolute atomic E-state index is 12.4. The van der Waals surface area contributed by atoms with Crippen molar-refractivity contribution in [2.75, 3.05) is 6.61 Å². The molecular formula is C46H91NO4. The normalized spacial score (nSPS) is 13.6. The number of nitrogens with one attached hydrogen (secondary N) is 1. The molecule has 0 heterocycles. The Hall–Kier alpha value is -0.910. The zero-order valence-corrected chi connectivity index (χ0v) is 34.5. The molecule has 304 valence electrons. The molecule has 0 aromatic rings. The second-order valence-electron chi connectivity index (χ2n) is 16.0. The van der Waals surface area contributed by atoms with Crippen molar-refractivity contribution in [3.05, 3.63) is 12.2 Å². The highest BCUT2D eigenvalue weighted by Crippen LogP contribution is 2.17. The molecule has 0 aromatic heterocycles. The minimum Gasteiger partial charge on any atom is -0.394 e. The lowest BCUT2D eigenvalue weighted by Crippen LogP contribution is -2.45. The molecule has 5 nitrogen and oxygen atoms in total. The Morgan fingerprint density at radius 1 is 0.490 bits per heavy atom. The van der Waals surface area contributed by atoms with E-state index in [9.17, 15) is 20.1 Å². The molecule has 3 unspecified atom stereocenters. The van der Waals surface area contributed by atoms with Gasteiger partial charge in [0, 0.05) is 0 Å². The molecule has 0 radical (unpaired) electrons. The Kier molecular flexibility index (Phi) is 41.1. The lowest BCUT2D eigenvalue weighted by molar-refractivity contribution is -0.124. The van der Waals surface area contributed by atoms with Gasteiger partial charge < -0.3 is 20.6 Å². The quantitative estimate of drug-likeness (QED) is 0.0373. The summed E-state index contributed by atoms with van der Waals surface area (Å²) in [6.07, 6.45) is 49.3. The fourth-order valence-corrected chi connectivity index (χ4v) is 7.28. The van der Waals surface area contributed by atoms with Crippen LogP contribution >= 0.6 is 0 Å². The maximum atomic E-state index is 12.4. The second kappa shape index (κ2) is 41.8. The van der Waals surface area contributed by atoms with E-state index < -0.39 is 18.2 Å². The number of hydrogen-bond donors (Lipinski definition) is 4. The van der Waals surface area contributed by atoms with Gasteiger partial charge in [0.15, 0.2) is 0 Å². The maximum Gasteiger partial charge on any atom is 0.222 e. The number of rotatable bonds is 42. The summed E-state index contributed by atoms with van der Waals surface area (Å²) < 4.78 is 0. The number of hydrogen-bond acceptors (Lipinski definition) is 4. The van der Waals surface area contributed by atoms with Crippen molar-refractivity contribution in [2.45, 2.75) is 270 Å². The third kappa shape index (κ3) is 38.6. The van der Waals surface area contributed by atoms with E-state index in [-0.39, 0.29) is 18.9 Å². The van der Waals surface area contributed by atoms with Crippen LogP contribution in [0.5, 0.6) is 0 Å². The van der Waals surface area contributed by atoms with E-state index in [1.807, 2.05) is 6.08 Å². The van der Waals surface area contributed by atoms with Crippen LogP contribution in [0.1, 0.15) is 251 Å². The highest BCUT2D eigenvalue weighted by atomic mass is 16.3. The Morgan fingerprint density at radius 2 is 0.804 bits per heavy atom. The standard InChI is InChI=1S/C46H91NO4/c1-3-5-7-9-11-13-15-17-19-21-22-24-25-27-29-31-33-35-37-39-43(49)41-46(51)47-44(42-48)45(50)40-38-36-34-32-30-28-26-23-20-18-16-14-12-10-8-6-4-2/h38,40,43-45,48-50H,3-37,39,41-42H2,1-2H3,(H,47,51)/b40-38+. The summed E-state index contributed by atoms with van der Waals surface area (Å²) in [7, 11) is 0. The van der Waals surface area contributed by atoms with Gasteiger partial charge in [-0.15, -0.1) is 0 Å². The number of allylic oxidation sites excluding steroid dienone is 1. The third-order valence-electron chi connectivity index (χ3n) is 10.8. The van der Waals surface area contributed by atoms with Crippen LogP contribution in [0.25, 0.3) is 0 Å². The Morgan fingerprint density at radius 3 is 1.14 bits per heavy atom. The van der Waals surface area contributed by atoms with E-state index in [0.29, 0.717) is 6.42 Å². The van der Waals surface area contributed by atoms with Crippen LogP contribution in [0.15, 0.2) is 12.2 Å². The predicted octanol–water partition coefficient (Wildman–Crippen LogP) is 13.2. The lowest BCUT2D eigenvalue weighted by Gasteiger charge is -2.21. The van der Waals surface area contributed by atoms with Crippen LogP contribution in [0, 0.1) is 0 Å². The van der Waals surface area contributed by atoms with Gasteiger partial charge >= 0.3 is 0 Å². The molecule has 5 heteroatoms. The van der Waals surface area contributed by atoms with E-state index in [1.165, 1.54) is 199 Å². The first-order valence-electron chi connectivity index (χ1n) is 23.0. The first kappa shape index (κ1) is 50.1. The first-order chi connectivity index (χ1) is 25.0. The minimum absolute atomic E-state index is 0.0190. The molecule has 3 atom stereocenters. The molecule has 0 aromatic carbocycles. The smallest absolute Gasteiger partial charge is 0.222 e. The van der Waals surface area contributed by atoms with E-state index in [4.69, 9.17) is 0 Å². The van der Waals surface area contributed by atoms with Gasteiger partial charge in [-0.3, -0.25) is 4.79 Å². The minimum atomic E-state index is -0.924. The van der Waals surface area contributed by atoms with Crippen LogP contribution in [0.4, 0.5) is 0 Å². The van der Waals surface area contributed by atoms with Gasteiger partial charge in [0.1, 0.15) is 0 Å². The van der Waals surface area contributed by atoms with Gasteiger partial charge in [0.25, 0.3) is 0 Å². The molecule has 0 aliphatic carbocycles. The average molecular weight is 722 g/mol. The summed E-state index contributed by atoms with van der Waals surface area (Å²) in [5.74, 6) is -0.311. The Labute approximate surface area is 319 Å². The van der Waals surface area contributed by atoms with Crippen LogP contribution < -0.4 is 5.32 Å². The Bertz CT molecular complexity index is 713. The molecule has 0 bridgehead atoms. The molecule has 0 aliphatic rings. The van der Waals surface area contributed by atoms with Crippen LogP contribution in [-0.2, 0) is 4.79 Å². The van der Waals surface area contributed by atoms with E-state index in [0.717, 1.165) is 25.7 Å². The molecule has 0 spiro atoms. The zero-order valence-electron chi connectivity index (χ0n) is 34.5. The number of amides is 1. The predicted molar refractivity (Wildman–Crippen MR) is 222 cm³/mol. The van der Waals surface area contributed by atoms with Gasteiger partial charge in [-0.25, -0.2) is 0 Å². The van der Waals surface area contributed by atoms with Crippen LogP contribution in [0.3, 0.4) is 0 Å². The zero-order chi connectivity index (χ0) is 37.3. The van der Waals surface area contributed by atoms with Crippen molar-refractivity contribution >= 4 is 5.91 Å². The van der Waals surface area contributed by atoms with E-state index in [1.54, 1.807) is 6.08 Å². The highest BCUT2D eigenvalue weighted by molar-refractivity contribution is 5.76. The third-order valence-corrected chi connectivity index (χ3v) is 10.8. The lowest BCUT2D eigenvalue weighted by atomic mass is 10.0. The molecular weight excluding hydrogens is 631 g/mol. The summed E-state index contributed by atoms with van der Waals surface area (Å²) in [5.41, 5.74) is 0. The molecule has 4 N–H and O–H groups in total. The fourth-order valence-electron chi connectivity index (χ4n) is 7.28. The van der Waals surface area contributed by atoms with Gasteiger partial charge in [0.2, 0.25) is 5.91 Å². The van der Waals surface area contributed by atoms with Crippen molar-refractivity contribution < 1.29 is 20.1 Å². The molecule has 0 saturated heterocycles. The molecule has 0 aliphatic heterocycles. The number of aliphatic hydroxyl groups is 3. The van der Waals surface area contributed by atoms with Gasteiger partial charge in [-0.1, -0.05) is 238 Å². The summed E-state index contributed by atoms with van der Waals surface area (Å²) in [6, 6.07) is -0.739. The topological polar surface area (TPSA) is 89.8 Å².